The van der Waals surface area contributed by atoms with Crippen LogP contribution in [0.25, 0.3) is 0 Å². The molecular weight excluding hydrogens is 322 g/mol. The first-order valence-electron chi connectivity index (χ1n) is 7.11. The molecule has 23 heavy (non-hydrogen) atoms. The first-order chi connectivity index (χ1) is 10.8. The summed E-state index contributed by atoms with van der Waals surface area (Å²) >= 11 is 6.23. The van der Waals surface area contributed by atoms with Gasteiger partial charge >= 0.3 is 0 Å². The lowest BCUT2D eigenvalue weighted by molar-refractivity contribution is 0.115. The third-order valence-electron chi connectivity index (χ3n) is 3.55. The fraction of sp³-hybridized carbons (Fsp3) is 0.294. The highest BCUT2D eigenvalue weighted by Gasteiger charge is 2.30. The molecule has 0 unspecified atom stereocenters. The van der Waals surface area contributed by atoms with Gasteiger partial charge < -0.3 is 4.74 Å². The number of aromatic nitrogens is 1. The molecule has 0 bridgehead atoms. The average molecular weight is 337 g/mol. The number of pyridine rings is 1. The predicted octanol–water partition coefficient (Wildman–Crippen LogP) is 4.95. The Morgan fingerprint density at radius 1 is 1.26 bits per heavy atom. The zero-order valence-corrected chi connectivity index (χ0v) is 13.7. The van der Waals surface area contributed by atoms with Crippen LogP contribution in [-0.4, -0.2) is 16.4 Å². The molecule has 1 aromatic carbocycles. The number of hydrogen-bond donors (Lipinski definition) is 0. The molecule has 2 aromatic rings. The molecular formula is C17H15ClF2N2O. The van der Waals surface area contributed by atoms with Crippen molar-refractivity contribution in [3.63, 3.8) is 0 Å². The van der Waals surface area contributed by atoms with E-state index in [1.165, 1.54) is 6.20 Å². The molecule has 0 atom stereocenters. The summed E-state index contributed by atoms with van der Waals surface area (Å²) in [7, 11) is 0. The number of hydrogen-bond acceptors (Lipinski definition) is 3. The number of halogens is 3. The summed E-state index contributed by atoms with van der Waals surface area (Å²) in [4.78, 5) is 8.48. The van der Waals surface area contributed by atoms with Crippen molar-refractivity contribution >= 4 is 17.3 Å². The number of aliphatic imine (C=N–C) groups is 1. The van der Waals surface area contributed by atoms with Gasteiger partial charge in [-0.25, -0.2) is 13.8 Å². The molecule has 0 amide bonds. The van der Waals surface area contributed by atoms with Crippen LogP contribution in [0.5, 0.6) is 5.75 Å². The lowest BCUT2D eigenvalue weighted by atomic mass is 9.98. The van der Waals surface area contributed by atoms with Gasteiger partial charge in [0.25, 0.3) is 6.43 Å². The smallest absolute Gasteiger partial charge is 0.280 e. The van der Waals surface area contributed by atoms with E-state index in [9.17, 15) is 8.78 Å². The Labute approximate surface area is 138 Å². The number of ether oxygens (including phenoxy) is 1. The number of fused-ring (bicyclic) bond motifs is 1. The fourth-order valence-electron chi connectivity index (χ4n) is 2.56. The Hall–Kier alpha value is -2.01. The third-order valence-corrected chi connectivity index (χ3v) is 3.85. The first-order valence-corrected chi connectivity index (χ1v) is 7.49. The van der Waals surface area contributed by atoms with E-state index < -0.39 is 12.2 Å². The van der Waals surface area contributed by atoms with Crippen molar-refractivity contribution in [2.75, 3.05) is 0 Å². The maximum Gasteiger partial charge on any atom is 0.280 e. The molecule has 0 spiro atoms. The van der Waals surface area contributed by atoms with E-state index >= 15 is 0 Å². The summed E-state index contributed by atoms with van der Waals surface area (Å²) in [5.74, 6) is 0.541. The Morgan fingerprint density at radius 2 is 2.00 bits per heavy atom. The highest BCUT2D eigenvalue weighted by atomic mass is 35.5. The molecule has 0 radical (unpaired) electrons. The van der Waals surface area contributed by atoms with E-state index in [1.807, 2.05) is 19.9 Å². The fourth-order valence-corrected chi connectivity index (χ4v) is 2.78. The largest absolute Gasteiger partial charge is 0.465 e. The summed E-state index contributed by atoms with van der Waals surface area (Å²) in [5, 5.41) is 0.483. The van der Waals surface area contributed by atoms with Crippen LogP contribution in [-0.2, 0) is 0 Å². The second-order valence-electron chi connectivity index (χ2n) is 5.85. The van der Waals surface area contributed by atoms with E-state index in [4.69, 9.17) is 16.3 Å². The molecule has 0 N–H and O–H groups in total. The zero-order chi connectivity index (χ0) is 16.8. The first kappa shape index (κ1) is 15.9. The zero-order valence-electron chi connectivity index (χ0n) is 12.9. The van der Waals surface area contributed by atoms with Gasteiger partial charge in [0.2, 0.25) is 0 Å². The molecule has 6 heteroatoms. The summed E-state index contributed by atoms with van der Waals surface area (Å²) < 4.78 is 31.6. The third kappa shape index (κ3) is 2.93. The summed E-state index contributed by atoms with van der Waals surface area (Å²) in [6.45, 7) is 5.24. The van der Waals surface area contributed by atoms with Crippen LogP contribution in [0.15, 0.2) is 35.5 Å². The summed E-state index contributed by atoms with van der Waals surface area (Å²) in [6.07, 6.45) is -1.18. The van der Waals surface area contributed by atoms with Crippen LogP contribution < -0.4 is 4.74 Å². The highest BCUT2D eigenvalue weighted by molar-refractivity contribution is 6.33. The monoisotopic (exact) mass is 336 g/mol. The lowest BCUT2D eigenvalue weighted by Gasteiger charge is -2.30. The Kier molecular flexibility index (Phi) is 3.84. The van der Waals surface area contributed by atoms with Gasteiger partial charge in [-0.3, -0.25) is 4.98 Å². The van der Waals surface area contributed by atoms with E-state index in [1.54, 1.807) is 25.1 Å². The van der Waals surface area contributed by atoms with Crippen molar-refractivity contribution in [3.05, 3.63) is 57.9 Å². The van der Waals surface area contributed by atoms with E-state index in [2.05, 4.69) is 9.98 Å². The molecule has 1 aliphatic rings. The molecule has 0 fully saturated rings. The van der Waals surface area contributed by atoms with E-state index in [0.29, 0.717) is 27.6 Å². The molecule has 0 aliphatic carbocycles. The molecule has 3 nitrogen and oxygen atoms in total. The van der Waals surface area contributed by atoms with Gasteiger partial charge in [-0.15, -0.1) is 0 Å². The van der Waals surface area contributed by atoms with Crippen LogP contribution in [0.2, 0.25) is 5.02 Å². The molecule has 1 aromatic heterocycles. The topological polar surface area (TPSA) is 34.5 Å². The van der Waals surface area contributed by atoms with E-state index in [-0.39, 0.29) is 5.69 Å². The van der Waals surface area contributed by atoms with Crippen LogP contribution >= 0.6 is 11.6 Å². The maximum atomic E-state index is 12.9. The average Bonchev–Trinajstić information content (AvgIpc) is 2.46. The van der Waals surface area contributed by atoms with Gasteiger partial charge in [0.15, 0.2) is 11.5 Å². The molecule has 3 rings (SSSR count). The van der Waals surface area contributed by atoms with E-state index in [0.717, 1.165) is 5.56 Å². The summed E-state index contributed by atoms with van der Waals surface area (Å²) in [6, 6.07) is 7.04. The minimum atomic E-state index is -2.60. The van der Waals surface area contributed by atoms with Crippen molar-refractivity contribution in [3.8, 4) is 5.75 Å². The van der Waals surface area contributed by atoms with Crippen LogP contribution in [0.3, 0.4) is 0 Å². The van der Waals surface area contributed by atoms with Gasteiger partial charge in [-0.2, -0.15) is 0 Å². The van der Waals surface area contributed by atoms with Crippen molar-refractivity contribution in [2.24, 2.45) is 4.99 Å². The van der Waals surface area contributed by atoms with Crippen molar-refractivity contribution < 1.29 is 13.5 Å². The second kappa shape index (κ2) is 5.57. The van der Waals surface area contributed by atoms with Gasteiger partial charge in [-0.05, 0) is 44.5 Å². The Bertz CT molecular complexity index is 803. The normalized spacial score (nSPS) is 15.9. The van der Waals surface area contributed by atoms with Crippen molar-refractivity contribution in [1.82, 2.24) is 4.98 Å². The summed E-state index contributed by atoms with van der Waals surface area (Å²) in [5.41, 5.74) is 1.42. The number of rotatable bonds is 2. The SMILES string of the molecule is Cc1cc(C2=NC(C)(C)Oc3c(Cl)cccc32)cnc1C(F)F. The predicted molar refractivity (Wildman–Crippen MR) is 85.7 cm³/mol. The molecule has 0 saturated carbocycles. The highest BCUT2D eigenvalue weighted by Crippen LogP contribution is 2.38. The minimum Gasteiger partial charge on any atom is -0.465 e. The number of alkyl halides is 2. The lowest BCUT2D eigenvalue weighted by Crippen LogP contribution is -2.32. The molecule has 2 heterocycles. The van der Waals surface area contributed by atoms with Crippen LogP contribution in [0, 0.1) is 6.92 Å². The van der Waals surface area contributed by atoms with Crippen molar-refractivity contribution in [1.29, 1.82) is 0 Å². The molecule has 1 aliphatic heterocycles. The number of nitrogens with zero attached hydrogens (tertiary/aromatic N) is 2. The standard InChI is InChI=1S/C17H15ClF2N2O/c1-9-7-10(8-21-13(9)16(19)20)14-11-5-4-6-12(18)15(11)23-17(2,3)22-14/h4-8,16H,1-3H3. The van der Waals surface area contributed by atoms with Crippen LogP contribution in [0.1, 0.15) is 42.7 Å². The second-order valence-corrected chi connectivity index (χ2v) is 6.26. The van der Waals surface area contributed by atoms with Gasteiger partial charge in [0.05, 0.1) is 10.7 Å². The van der Waals surface area contributed by atoms with Gasteiger partial charge in [0.1, 0.15) is 5.69 Å². The Balaban J connectivity index is 2.17. The molecule has 0 saturated heterocycles. The van der Waals surface area contributed by atoms with Gasteiger partial charge in [0, 0.05) is 17.3 Å². The number of aryl methyl sites for hydroxylation is 1. The van der Waals surface area contributed by atoms with Crippen LogP contribution in [0.4, 0.5) is 8.78 Å². The maximum absolute atomic E-state index is 12.9. The quantitative estimate of drug-likeness (QED) is 0.778. The minimum absolute atomic E-state index is 0.216. The Morgan fingerprint density at radius 3 is 2.65 bits per heavy atom. The van der Waals surface area contributed by atoms with Gasteiger partial charge in [-0.1, -0.05) is 17.7 Å². The number of para-hydroxylation sites is 1. The van der Waals surface area contributed by atoms with Crippen molar-refractivity contribution in [2.45, 2.75) is 32.9 Å². The molecule has 120 valence electrons. The number of benzene rings is 1.